The quantitative estimate of drug-likeness (QED) is 0.409. The number of aromatic nitrogens is 2. The van der Waals surface area contributed by atoms with E-state index in [1.807, 2.05) is 13.1 Å². The molecule has 2 aliphatic heterocycles. The minimum atomic E-state index is -2.99. The zero-order chi connectivity index (χ0) is 13.4. The van der Waals surface area contributed by atoms with Gasteiger partial charge in [-0.1, -0.05) is 0 Å². The van der Waals surface area contributed by atoms with Gasteiger partial charge in [-0.25, -0.2) is 0 Å². The van der Waals surface area contributed by atoms with Crippen LogP contribution in [0.2, 0.25) is 26.2 Å². The fourth-order valence-electron chi connectivity index (χ4n) is 2.55. The van der Waals surface area contributed by atoms with Crippen molar-refractivity contribution < 1.29 is 13.4 Å². The van der Waals surface area contributed by atoms with Crippen molar-refractivity contribution >= 4 is 26.3 Å². The number of nitrogens with zero attached hydrogens (tertiary/aromatic N) is 2. The number of hydrogen-bond acceptors (Lipinski definition) is 3. The molecule has 0 atom stereocenters. The van der Waals surface area contributed by atoms with Crippen molar-refractivity contribution in [2.45, 2.75) is 38.5 Å². The van der Waals surface area contributed by atoms with Gasteiger partial charge >= 0.3 is 111 Å². The van der Waals surface area contributed by atoms with Crippen LogP contribution in [-0.4, -0.2) is 19.8 Å². The van der Waals surface area contributed by atoms with E-state index in [2.05, 4.69) is 13.1 Å². The van der Waals surface area contributed by atoms with Crippen molar-refractivity contribution in [2.75, 3.05) is 0 Å². The van der Waals surface area contributed by atoms with Crippen LogP contribution in [0.1, 0.15) is 0 Å². The monoisotopic (exact) mass is 304 g/mol. The molecule has 100 valence electrons. The Morgan fingerprint density at radius 2 is 2.17 bits per heavy atom. The molecule has 0 bridgehead atoms. The molecule has 8 heteroatoms. The average Bonchev–Trinajstić information content (AvgIpc) is 2.58. The number of halogens is 1. The minimum absolute atomic E-state index is 0.0672. The van der Waals surface area contributed by atoms with Crippen LogP contribution in [-0.2, 0) is 12.3 Å². The van der Waals surface area contributed by atoms with Crippen LogP contribution in [0.4, 0.5) is 0 Å². The molecule has 0 saturated carbocycles. The van der Waals surface area contributed by atoms with Crippen LogP contribution in [0.5, 0.6) is 11.8 Å². The molecule has 2 aliphatic rings. The number of hydrogen-bond donors (Lipinski definition) is 0. The summed E-state index contributed by atoms with van der Waals surface area (Å²) in [6.45, 7) is 5.04. The molecule has 0 spiro atoms. The van der Waals surface area contributed by atoms with E-state index in [9.17, 15) is 4.79 Å². The summed E-state index contributed by atoms with van der Waals surface area (Å²) >= 11 is 6.51. The van der Waals surface area contributed by atoms with E-state index in [1.165, 1.54) is 0 Å². The van der Waals surface area contributed by atoms with Crippen LogP contribution in [0, 0.1) is 0 Å². The van der Waals surface area contributed by atoms with E-state index >= 15 is 0 Å². The molecule has 5 nitrogen and oxygen atoms in total. The van der Waals surface area contributed by atoms with Gasteiger partial charge in [0.25, 0.3) is 0 Å². The SMILES string of the molecule is C[Si]1(C)Cn2c(cc3[n+](c2=O)C[Si-](C)(C)(Cl)O3)O1. The van der Waals surface area contributed by atoms with Crippen LogP contribution in [0.3, 0.4) is 0 Å². The van der Waals surface area contributed by atoms with Gasteiger partial charge in [-0.15, -0.1) is 0 Å². The maximum absolute atomic E-state index is 12.4. The molecule has 0 amide bonds. The molecule has 0 unspecified atom stereocenters. The van der Waals surface area contributed by atoms with E-state index in [0.717, 1.165) is 0 Å². The summed E-state index contributed by atoms with van der Waals surface area (Å²) in [7, 11) is -1.79. The Bertz CT molecular complexity index is 618. The van der Waals surface area contributed by atoms with Gasteiger partial charge in [0, 0.05) is 0 Å². The van der Waals surface area contributed by atoms with Crippen molar-refractivity contribution in [2.24, 2.45) is 0 Å². The Kier molecular flexibility index (Phi) is 2.06. The second kappa shape index (κ2) is 3.02. The first-order valence-electron chi connectivity index (χ1n) is 6.02. The first kappa shape index (κ1) is 12.2. The van der Waals surface area contributed by atoms with Gasteiger partial charge in [-0.3, -0.25) is 0 Å². The fourth-order valence-corrected chi connectivity index (χ4v) is 7.05. The molecular weight excluding hydrogens is 288 g/mol. The van der Waals surface area contributed by atoms with E-state index in [-0.39, 0.29) is 5.69 Å². The Labute approximate surface area is 111 Å². The molecule has 0 radical (unpaired) electrons. The first-order valence-corrected chi connectivity index (χ1v) is 13.8. The summed E-state index contributed by atoms with van der Waals surface area (Å²) in [5.41, 5.74) is -0.0672. The number of fused-ring (bicyclic) bond motifs is 2. The summed E-state index contributed by atoms with van der Waals surface area (Å²) in [6, 6.07) is 1.80. The summed E-state index contributed by atoms with van der Waals surface area (Å²) in [5.74, 6) is 1.17. The molecule has 0 fully saturated rings. The fraction of sp³-hybridized carbons (Fsp3) is 0.600. The van der Waals surface area contributed by atoms with E-state index < -0.39 is 15.2 Å². The Balaban J connectivity index is 2.16. The topological polar surface area (TPSA) is 44.3 Å². The molecule has 3 heterocycles. The summed E-state index contributed by atoms with van der Waals surface area (Å²) in [5, 5.41) is 0. The van der Waals surface area contributed by atoms with Crippen molar-refractivity contribution in [3.63, 3.8) is 0 Å². The molecular formula is C10H17ClN2O3Si2. The molecule has 3 rings (SSSR count). The number of rotatable bonds is 0. The zero-order valence-electron chi connectivity index (χ0n) is 11.0. The molecule has 0 N–H and O–H groups in total. The van der Waals surface area contributed by atoms with Crippen LogP contribution in [0.25, 0.3) is 0 Å². The molecule has 0 aliphatic carbocycles. The van der Waals surface area contributed by atoms with Crippen molar-refractivity contribution in [3.05, 3.63) is 16.6 Å². The standard InChI is InChI=1S/C10H17ClN2O3Si2/c1-17(2)6-12-8(15-17)5-9-13(10(12)14)7-18(3,4,11)16-9/h5H,6-7H2,1-4H3. The van der Waals surface area contributed by atoms with Crippen LogP contribution in [0.15, 0.2) is 10.9 Å². The average molecular weight is 305 g/mol. The molecule has 0 aromatic carbocycles. The summed E-state index contributed by atoms with van der Waals surface area (Å²) < 4.78 is 15.1. The molecule has 1 aromatic rings. The van der Waals surface area contributed by atoms with Gasteiger partial charge in [0.15, 0.2) is 0 Å². The third-order valence-corrected chi connectivity index (χ3v) is 7.64. The van der Waals surface area contributed by atoms with E-state index in [1.54, 1.807) is 15.2 Å². The van der Waals surface area contributed by atoms with Crippen molar-refractivity contribution in [1.82, 2.24) is 4.57 Å². The van der Waals surface area contributed by atoms with Gasteiger partial charge in [-0.2, -0.15) is 0 Å². The Morgan fingerprint density at radius 3 is 2.83 bits per heavy atom. The van der Waals surface area contributed by atoms with Gasteiger partial charge in [-0.05, 0) is 0 Å². The normalized spacial score (nSPS) is 27.3. The van der Waals surface area contributed by atoms with Gasteiger partial charge in [0.1, 0.15) is 0 Å². The van der Waals surface area contributed by atoms with Gasteiger partial charge in [0.2, 0.25) is 0 Å². The van der Waals surface area contributed by atoms with Crippen molar-refractivity contribution in [3.8, 4) is 11.8 Å². The van der Waals surface area contributed by atoms with Gasteiger partial charge in [0.05, 0.1) is 0 Å². The van der Waals surface area contributed by atoms with Crippen LogP contribution >= 0.6 is 11.1 Å². The predicted octanol–water partition coefficient (Wildman–Crippen LogP) is 1.10. The Morgan fingerprint density at radius 1 is 1.50 bits per heavy atom. The third kappa shape index (κ3) is 1.81. The van der Waals surface area contributed by atoms with Gasteiger partial charge < -0.3 is 0 Å². The zero-order valence-corrected chi connectivity index (χ0v) is 13.7. The molecule has 18 heavy (non-hydrogen) atoms. The van der Waals surface area contributed by atoms with Crippen molar-refractivity contribution in [1.29, 1.82) is 0 Å². The van der Waals surface area contributed by atoms with E-state index in [4.69, 9.17) is 19.9 Å². The second-order valence-electron chi connectivity index (χ2n) is 6.59. The maximum atomic E-state index is 12.4. The Hall–Kier alpha value is -0.796. The molecule has 0 saturated heterocycles. The molecule has 1 aromatic heterocycles. The van der Waals surface area contributed by atoms with Crippen LogP contribution < -0.4 is 19.1 Å². The third-order valence-electron chi connectivity index (χ3n) is 3.18. The van der Waals surface area contributed by atoms with E-state index in [0.29, 0.717) is 24.1 Å². The summed E-state index contributed by atoms with van der Waals surface area (Å²) in [4.78, 5) is 12.4. The first-order chi connectivity index (χ1) is 8.04. The second-order valence-corrected chi connectivity index (χ2v) is 19.4. The summed E-state index contributed by atoms with van der Waals surface area (Å²) in [6.07, 6.45) is 1.17. The predicted molar refractivity (Wildman–Crippen MR) is 73.0 cm³/mol.